The number of anilines is 1. The van der Waals surface area contributed by atoms with Gasteiger partial charge in [-0.1, -0.05) is 57.2 Å². The predicted molar refractivity (Wildman–Crippen MR) is 148 cm³/mol. The van der Waals surface area contributed by atoms with E-state index in [-0.39, 0.29) is 17.7 Å². The lowest BCUT2D eigenvalue weighted by atomic mass is 9.92. The molecule has 7 nitrogen and oxygen atoms in total. The van der Waals surface area contributed by atoms with Crippen molar-refractivity contribution < 1.29 is 19.1 Å². The first-order valence-electron chi connectivity index (χ1n) is 13.0. The Balaban J connectivity index is 2.57. The molecule has 0 fully saturated rings. The van der Waals surface area contributed by atoms with Crippen LogP contribution in [0.15, 0.2) is 42.5 Å². The molecule has 0 radical (unpaired) electrons. The highest BCUT2D eigenvalue weighted by Crippen LogP contribution is 2.31. The Bertz CT molecular complexity index is 1080. The van der Waals surface area contributed by atoms with E-state index in [0.29, 0.717) is 18.7 Å². The molecule has 2 atom stereocenters. The second kappa shape index (κ2) is 12.7. The molecule has 37 heavy (non-hydrogen) atoms. The number of amides is 3. The molecule has 2 aromatic rings. The zero-order valence-corrected chi connectivity index (χ0v) is 23.8. The molecule has 0 aliphatic rings. The number of para-hydroxylation sites is 1. The van der Waals surface area contributed by atoms with Crippen LogP contribution >= 0.6 is 0 Å². The largest absolute Gasteiger partial charge is 0.444 e. The van der Waals surface area contributed by atoms with E-state index in [1.165, 1.54) is 0 Å². The van der Waals surface area contributed by atoms with Gasteiger partial charge in [-0.05, 0) is 82.2 Å². The van der Waals surface area contributed by atoms with Gasteiger partial charge in [-0.2, -0.15) is 0 Å². The van der Waals surface area contributed by atoms with Crippen molar-refractivity contribution in [3.63, 3.8) is 0 Å². The molecule has 0 aromatic heterocycles. The summed E-state index contributed by atoms with van der Waals surface area (Å²) in [5.41, 5.74) is 3.54. The number of alkyl carbamates (subject to hydrolysis) is 1. The number of nitrogens with zero attached hydrogens (tertiary/aromatic N) is 1. The molecule has 2 N–H and O–H groups in total. The molecule has 0 aliphatic heterocycles. The van der Waals surface area contributed by atoms with Gasteiger partial charge < -0.3 is 20.3 Å². The van der Waals surface area contributed by atoms with Gasteiger partial charge in [0.05, 0.1) is 0 Å². The van der Waals surface area contributed by atoms with Crippen LogP contribution in [0, 0.1) is 26.7 Å². The fourth-order valence-corrected chi connectivity index (χ4v) is 4.34. The SMILES string of the molecule is CCCN(C(=O)C(NC(=O)OC(C)(C)C)C(C)C)C(C(=O)Nc1ccccc1C)c1c(C)cccc1C. The smallest absolute Gasteiger partial charge is 0.408 e. The van der Waals surface area contributed by atoms with Crippen LogP contribution in [-0.2, 0) is 14.3 Å². The lowest BCUT2D eigenvalue weighted by Crippen LogP contribution is -2.54. The van der Waals surface area contributed by atoms with E-state index in [0.717, 1.165) is 22.3 Å². The second-order valence-corrected chi connectivity index (χ2v) is 10.9. The second-order valence-electron chi connectivity index (χ2n) is 10.9. The quantitative estimate of drug-likeness (QED) is 0.429. The normalized spacial score (nSPS) is 13.0. The topological polar surface area (TPSA) is 87.7 Å². The number of hydrogen-bond donors (Lipinski definition) is 2. The van der Waals surface area contributed by atoms with Crippen molar-refractivity contribution in [2.45, 2.75) is 86.4 Å². The van der Waals surface area contributed by atoms with Crippen molar-refractivity contribution in [1.29, 1.82) is 0 Å². The number of rotatable bonds is 9. The fraction of sp³-hybridized carbons (Fsp3) is 0.500. The number of carbonyl (C=O) groups excluding carboxylic acids is 3. The summed E-state index contributed by atoms with van der Waals surface area (Å²) < 4.78 is 5.43. The van der Waals surface area contributed by atoms with Crippen LogP contribution in [0.2, 0.25) is 0 Å². The van der Waals surface area contributed by atoms with Crippen LogP contribution in [0.5, 0.6) is 0 Å². The third kappa shape index (κ3) is 8.07. The summed E-state index contributed by atoms with van der Waals surface area (Å²) in [5.74, 6) is -0.846. The van der Waals surface area contributed by atoms with Gasteiger partial charge in [0, 0.05) is 12.2 Å². The van der Waals surface area contributed by atoms with E-state index in [2.05, 4.69) is 10.6 Å². The zero-order chi connectivity index (χ0) is 27.9. The zero-order valence-electron chi connectivity index (χ0n) is 23.8. The van der Waals surface area contributed by atoms with E-state index < -0.39 is 23.8 Å². The highest BCUT2D eigenvalue weighted by atomic mass is 16.6. The molecular weight excluding hydrogens is 466 g/mol. The average Bonchev–Trinajstić information content (AvgIpc) is 2.78. The van der Waals surface area contributed by atoms with Crippen molar-refractivity contribution in [3.8, 4) is 0 Å². The van der Waals surface area contributed by atoms with Crippen molar-refractivity contribution in [3.05, 3.63) is 64.7 Å². The van der Waals surface area contributed by atoms with Crippen LogP contribution in [0.1, 0.15) is 76.3 Å². The molecule has 2 unspecified atom stereocenters. The molecule has 2 rings (SSSR count). The number of benzene rings is 2. The van der Waals surface area contributed by atoms with Gasteiger partial charge in [-0.3, -0.25) is 9.59 Å². The molecule has 0 aliphatic carbocycles. The minimum atomic E-state index is -0.880. The molecule has 0 saturated carbocycles. The van der Waals surface area contributed by atoms with Gasteiger partial charge in [0.2, 0.25) is 5.91 Å². The Morgan fingerprint density at radius 3 is 2.00 bits per heavy atom. The maximum absolute atomic E-state index is 14.1. The van der Waals surface area contributed by atoms with Crippen LogP contribution < -0.4 is 10.6 Å². The van der Waals surface area contributed by atoms with Crippen LogP contribution in [0.4, 0.5) is 10.5 Å². The fourth-order valence-electron chi connectivity index (χ4n) is 4.34. The van der Waals surface area contributed by atoms with Crippen molar-refractivity contribution >= 4 is 23.6 Å². The Morgan fingerprint density at radius 2 is 1.49 bits per heavy atom. The van der Waals surface area contributed by atoms with E-state index in [4.69, 9.17) is 4.74 Å². The Kier molecular flexibility index (Phi) is 10.3. The monoisotopic (exact) mass is 509 g/mol. The van der Waals surface area contributed by atoms with E-state index >= 15 is 0 Å². The highest BCUT2D eigenvalue weighted by molar-refractivity contribution is 5.99. The third-order valence-electron chi connectivity index (χ3n) is 6.13. The average molecular weight is 510 g/mol. The maximum atomic E-state index is 14.1. The molecule has 0 bridgehead atoms. The maximum Gasteiger partial charge on any atom is 0.408 e. The van der Waals surface area contributed by atoms with Crippen molar-refractivity contribution in [2.24, 2.45) is 5.92 Å². The summed E-state index contributed by atoms with van der Waals surface area (Å²) in [7, 11) is 0. The molecule has 2 aromatic carbocycles. The number of nitrogens with one attached hydrogen (secondary N) is 2. The van der Waals surface area contributed by atoms with E-state index in [1.54, 1.807) is 25.7 Å². The summed E-state index contributed by atoms with van der Waals surface area (Å²) in [4.78, 5) is 42.3. The number of hydrogen-bond acceptors (Lipinski definition) is 4. The van der Waals surface area contributed by atoms with Gasteiger partial charge >= 0.3 is 6.09 Å². The van der Waals surface area contributed by atoms with Crippen LogP contribution in [-0.4, -0.2) is 41.0 Å². The summed E-state index contributed by atoms with van der Waals surface area (Å²) in [6.45, 7) is 17.2. The standard InChI is InChI=1S/C30H43N3O4/c1-10-18-33(28(35)25(19(2)3)32-29(36)37-30(7,8)9)26(24-21(5)15-13-16-22(24)6)27(34)31-23-17-12-11-14-20(23)4/h11-17,19,25-26H,10,18H2,1-9H3,(H,31,34)(H,32,36). The Hall–Kier alpha value is -3.35. The van der Waals surface area contributed by atoms with Gasteiger partial charge in [0.1, 0.15) is 17.7 Å². The lowest BCUT2D eigenvalue weighted by Gasteiger charge is -2.36. The van der Waals surface area contributed by atoms with Crippen molar-refractivity contribution in [1.82, 2.24) is 10.2 Å². The molecule has 202 valence electrons. The minimum Gasteiger partial charge on any atom is -0.444 e. The molecular formula is C30H43N3O4. The summed E-state index contributed by atoms with van der Waals surface area (Å²) in [5, 5.41) is 5.81. The Labute approximate surface area is 222 Å². The van der Waals surface area contributed by atoms with Crippen molar-refractivity contribution in [2.75, 3.05) is 11.9 Å². The molecule has 0 spiro atoms. The number of carbonyl (C=O) groups is 3. The summed E-state index contributed by atoms with van der Waals surface area (Å²) in [6.07, 6.45) is -0.0220. The van der Waals surface area contributed by atoms with Gasteiger partial charge in [-0.15, -0.1) is 0 Å². The first-order valence-corrected chi connectivity index (χ1v) is 13.0. The van der Waals surface area contributed by atoms with Gasteiger partial charge in [-0.25, -0.2) is 4.79 Å². The molecule has 0 heterocycles. The lowest BCUT2D eigenvalue weighted by molar-refractivity contribution is -0.141. The number of aryl methyl sites for hydroxylation is 3. The third-order valence-corrected chi connectivity index (χ3v) is 6.13. The van der Waals surface area contributed by atoms with E-state index in [1.807, 2.05) is 84.0 Å². The number of ether oxygens (including phenoxy) is 1. The molecule has 0 saturated heterocycles. The van der Waals surface area contributed by atoms with Gasteiger partial charge in [0.25, 0.3) is 5.91 Å². The summed E-state index contributed by atoms with van der Waals surface area (Å²) in [6, 6.07) is 11.7. The minimum absolute atomic E-state index is 0.225. The summed E-state index contributed by atoms with van der Waals surface area (Å²) >= 11 is 0. The Morgan fingerprint density at radius 1 is 0.919 bits per heavy atom. The van der Waals surface area contributed by atoms with E-state index in [9.17, 15) is 14.4 Å². The molecule has 3 amide bonds. The first-order chi connectivity index (χ1) is 17.3. The predicted octanol–water partition coefficient (Wildman–Crippen LogP) is 6.08. The van der Waals surface area contributed by atoms with Crippen LogP contribution in [0.3, 0.4) is 0 Å². The van der Waals surface area contributed by atoms with Crippen LogP contribution in [0.25, 0.3) is 0 Å². The van der Waals surface area contributed by atoms with Gasteiger partial charge in [0.15, 0.2) is 0 Å². The highest BCUT2D eigenvalue weighted by Gasteiger charge is 2.38. The first kappa shape index (κ1) is 29.9. The molecule has 7 heteroatoms.